The smallest absolute Gasteiger partial charge is 0.122 e. The van der Waals surface area contributed by atoms with E-state index in [1.54, 1.807) is 6.08 Å². The third-order valence-electron chi connectivity index (χ3n) is 2.62. The minimum absolute atomic E-state index is 0.0982. The maximum Gasteiger partial charge on any atom is 0.122 e. The fourth-order valence-corrected chi connectivity index (χ4v) is 1.79. The molecule has 0 spiro atoms. The average Bonchev–Trinajstić information content (AvgIpc) is 2.31. The van der Waals surface area contributed by atoms with Crippen LogP contribution >= 0.6 is 0 Å². The van der Waals surface area contributed by atoms with Crippen LogP contribution in [0.1, 0.15) is 24.8 Å². The van der Waals surface area contributed by atoms with Crippen LogP contribution in [0.2, 0.25) is 0 Å². The summed E-state index contributed by atoms with van der Waals surface area (Å²) in [6.45, 7) is 0.761. The highest BCUT2D eigenvalue weighted by Crippen LogP contribution is 2.19. The van der Waals surface area contributed by atoms with Gasteiger partial charge in [-0.1, -0.05) is 30.3 Å². The van der Waals surface area contributed by atoms with Gasteiger partial charge in [-0.3, -0.25) is 0 Å². The van der Waals surface area contributed by atoms with E-state index >= 15 is 0 Å². The van der Waals surface area contributed by atoms with Crippen LogP contribution in [0.3, 0.4) is 0 Å². The molecule has 1 atom stereocenters. The number of aliphatic hydroxyl groups excluding tert-OH is 1. The van der Waals surface area contributed by atoms with Crippen LogP contribution in [0.25, 0.3) is 6.08 Å². The molecule has 2 nitrogen and oxygen atoms in total. The average molecular weight is 204 g/mol. The molecule has 80 valence electrons. The molecule has 0 radical (unpaired) electrons. The summed E-state index contributed by atoms with van der Waals surface area (Å²) in [5.41, 5.74) is 1.02. The Kier molecular flexibility index (Phi) is 3.41. The van der Waals surface area contributed by atoms with E-state index in [-0.39, 0.29) is 6.10 Å². The third kappa shape index (κ3) is 2.83. The Hall–Kier alpha value is -1.28. The first kappa shape index (κ1) is 10.2. The largest absolute Gasteiger partial charge is 0.510 e. The first-order valence-electron chi connectivity index (χ1n) is 5.43. The van der Waals surface area contributed by atoms with Gasteiger partial charge in [-0.05, 0) is 30.9 Å². The predicted octanol–water partition coefficient (Wildman–Crippen LogP) is 3.15. The third-order valence-corrected chi connectivity index (χ3v) is 2.62. The predicted molar refractivity (Wildman–Crippen MR) is 60.6 cm³/mol. The quantitative estimate of drug-likeness (QED) is 0.750. The number of hydrogen-bond acceptors (Lipinski definition) is 2. The summed E-state index contributed by atoms with van der Waals surface area (Å²) in [5.74, 6) is 0.348. The fraction of sp³-hybridized carbons (Fsp3) is 0.385. The van der Waals surface area contributed by atoms with Gasteiger partial charge in [0.05, 0.1) is 0 Å². The lowest BCUT2D eigenvalue weighted by molar-refractivity contribution is 0.0162. The van der Waals surface area contributed by atoms with Gasteiger partial charge < -0.3 is 9.84 Å². The minimum Gasteiger partial charge on any atom is -0.510 e. The number of rotatable bonds is 2. The lowest BCUT2D eigenvalue weighted by atomic mass is 10.1. The molecule has 1 aromatic carbocycles. The zero-order valence-electron chi connectivity index (χ0n) is 8.73. The van der Waals surface area contributed by atoms with Crippen LogP contribution in [-0.4, -0.2) is 17.8 Å². The van der Waals surface area contributed by atoms with Crippen molar-refractivity contribution in [1.29, 1.82) is 0 Å². The van der Waals surface area contributed by atoms with Crippen LogP contribution in [0.5, 0.6) is 0 Å². The molecule has 1 aliphatic rings. The molecule has 1 unspecified atom stereocenters. The van der Waals surface area contributed by atoms with E-state index < -0.39 is 0 Å². The molecule has 1 heterocycles. The van der Waals surface area contributed by atoms with E-state index in [0.717, 1.165) is 31.4 Å². The number of ether oxygens (including phenoxy) is 1. The van der Waals surface area contributed by atoms with Crippen molar-refractivity contribution in [2.75, 3.05) is 6.61 Å². The molecule has 15 heavy (non-hydrogen) atoms. The van der Waals surface area contributed by atoms with Gasteiger partial charge in [0.15, 0.2) is 0 Å². The summed E-state index contributed by atoms with van der Waals surface area (Å²) in [4.78, 5) is 0. The molecule has 1 aromatic rings. The van der Waals surface area contributed by atoms with Crippen molar-refractivity contribution in [3.8, 4) is 0 Å². The fourth-order valence-electron chi connectivity index (χ4n) is 1.79. The Labute approximate surface area is 90.2 Å². The number of benzene rings is 1. The molecule has 1 aliphatic heterocycles. The van der Waals surface area contributed by atoms with E-state index in [4.69, 9.17) is 4.74 Å². The van der Waals surface area contributed by atoms with Crippen LogP contribution in [0.4, 0.5) is 0 Å². The van der Waals surface area contributed by atoms with Gasteiger partial charge >= 0.3 is 0 Å². The van der Waals surface area contributed by atoms with Crippen molar-refractivity contribution in [2.24, 2.45) is 0 Å². The van der Waals surface area contributed by atoms with E-state index in [9.17, 15) is 5.11 Å². The van der Waals surface area contributed by atoms with Gasteiger partial charge in [-0.25, -0.2) is 0 Å². The van der Waals surface area contributed by atoms with Crippen molar-refractivity contribution in [2.45, 2.75) is 25.4 Å². The Morgan fingerprint density at radius 1 is 1.27 bits per heavy atom. The van der Waals surface area contributed by atoms with Gasteiger partial charge in [0.1, 0.15) is 11.9 Å². The molecule has 1 saturated heterocycles. The van der Waals surface area contributed by atoms with Gasteiger partial charge in [-0.15, -0.1) is 0 Å². The first-order valence-corrected chi connectivity index (χ1v) is 5.43. The van der Waals surface area contributed by atoms with Crippen LogP contribution < -0.4 is 0 Å². The molecule has 0 aromatic heterocycles. The lowest BCUT2D eigenvalue weighted by Crippen LogP contribution is -2.20. The van der Waals surface area contributed by atoms with Crippen molar-refractivity contribution >= 4 is 6.08 Å². The van der Waals surface area contributed by atoms with Crippen molar-refractivity contribution in [3.05, 3.63) is 41.7 Å². The summed E-state index contributed by atoms with van der Waals surface area (Å²) in [6, 6.07) is 9.82. The maximum atomic E-state index is 9.86. The highest BCUT2D eigenvalue weighted by molar-refractivity contribution is 5.51. The molecule has 2 rings (SSSR count). The Bertz CT molecular complexity index is 324. The zero-order chi connectivity index (χ0) is 10.5. The summed E-state index contributed by atoms with van der Waals surface area (Å²) < 4.78 is 5.49. The lowest BCUT2D eigenvalue weighted by Gasteiger charge is -2.21. The topological polar surface area (TPSA) is 29.5 Å². The monoisotopic (exact) mass is 204 g/mol. The standard InChI is InChI=1S/C13H16O2/c14-12(13-8-4-5-9-15-13)10-11-6-2-1-3-7-11/h1-3,6-7,10,13-14H,4-5,8-9H2. The number of aliphatic hydroxyl groups is 1. The molecule has 0 amide bonds. The van der Waals surface area contributed by atoms with Gasteiger partial charge in [0.25, 0.3) is 0 Å². The van der Waals surface area contributed by atoms with E-state index in [1.165, 1.54) is 0 Å². The first-order chi connectivity index (χ1) is 7.36. The van der Waals surface area contributed by atoms with Gasteiger partial charge in [0.2, 0.25) is 0 Å². The molecule has 0 saturated carbocycles. The normalized spacial score (nSPS) is 22.7. The summed E-state index contributed by atoms with van der Waals surface area (Å²) in [5, 5.41) is 9.86. The SMILES string of the molecule is OC(=Cc1ccccc1)C1CCCCO1. The molecule has 0 bridgehead atoms. The summed E-state index contributed by atoms with van der Waals surface area (Å²) in [6.07, 6.45) is 4.86. The molecule has 1 fully saturated rings. The van der Waals surface area contributed by atoms with E-state index in [1.807, 2.05) is 30.3 Å². The van der Waals surface area contributed by atoms with E-state index in [0.29, 0.717) is 5.76 Å². The van der Waals surface area contributed by atoms with Crippen LogP contribution in [0, 0.1) is 0 Å². The van der Waals surface area contributed by atoms with Gasteiger partial charge in [0, 0.05) is 6.61 Å². The Morgan fingerprint density at radius 2 is 2.07 bits per heavy atom. The molecule has 1 N–H and O–H groups in total. The second kappa shape index (κ2) is 4.99. The highest BCUT2D eigenvalue weighted by atomic mass is 16.5. The summed E-state index contributed by atoms with van der Waals surface area (Å²) in [7, 11) is 0. The van der Waals surface area contributed by atoms with Crippen molar-refractivity contribution < 1.29 is 9.84 Å². The molecular weight excluding hydrogens is 188 g/mol. The molecule has 2 heteroatoms. The van der Waals surface area contributed by atoms with Gasteiger partial charge in [-0.2, -0.15) is 0 Å². The minimum atomic E-state index is -0.0982. The summed E-state index contributed by atoms with van der Waals surface area (Å²) >= 11 is 0. The van der Waals surface area contributed by atoms with E-state index in [2.05, 4.69) is 0 Å². The van der Waals surface area contributed by atoms with Crippen molar-refractivity contribution in [3.63, 3.8) is 0 Å². The number of hydrogen-bond donors (Lipinski definition) is 1. The van der Waals surface area contributed by atoms with Crippen molar-refractivity contribution in [1.82, 2.24) is 0 Å². The Balaban J connectivity index is 2.06. The second-order valence-corrected chi connectivity index (χ2v) is 3.84. The maximum absolute atomic E-state index is 9.86. The van der Waals surface area contributed by atoms with Crippen LogP contribution in [-0.2, 0) is 4.74 Å². The second-order valence-electron chi connectivity index (χ2n) is 3.84. The molecule has 0 aliphatic carbocycles. The molecular formula is C13H16O2. The highest BCUT2D eigenvalue weighted by Gasteiger charge is 2.17. The van der Waals surface area contributed by atoms with Crippen LogP contribution in [0.15, 0.2) is 36.1 Å². The zero-order valence-corrected chi connectivity index (χ0v) is 8.73. The Morgan fingerprint density at radius 3 is 2.73 bits per heavy atom.